The highest BCUT2D eigenvalue weighted by Crippen LogP contribution is 2.56. The number of fused-ring (bicyclic) bond motifs is 8. The van der Waals surface area contributed by atoms with Crippen LogP contribution in [0.5, 0.6) is 46.0 Å². The molecular formula is C88H148N4O12. The quantitative estimate of drug-likeness (QED) is 0.0184. The van der Waals surface area contributed by atoms with Crippen molar-refractivity contribution in [2.45, 2.75) is 334 Å². The van der Waals surface area contributed by atoms with Crippen LogP contribution in [0, 0.1) is 0 Å². The molecule has 104 heavy (non-hydrogen) atoms. The molecule has 16 heteroatoms. The number of nitrogens with zero attached hydrogens (tertiary/aromatic N) is 4. The number of aliphatic hydroxyl groups excluding tert-OH is 4. The molecule has 4 aromatic carbocycles. The molecule has 0 saturated carbocycles. The van der Waals surface area contributed by atoms with Crippen molar-refractivity contribution >= 4 is 0 Å². The molecule has 0 fully saturated rings. The van der Waals surface area contributed by atoms with Crippen molar-refractivity contribution in [1.29, 1.82) is 0 Å². The highest BCUT2D eigenvalue weighted by atomic mass is 16.3. The topological polar surface area (TPSA) is 256 Å². The lowest BCUT2D eigenvalue weighted by atomic mass is 9.74. The second kappa shape index (κ2) is 50.6. The van der Waals surface area contributed by atoms with E-state index in [2.05, 4.69) is 27.7 Å². The zero-order valence-corrected chi connectivity index (χ0v) is 66.5. The van der Waals surface area contributed by atoms with Crippen molar-refractivity contribution in [2.24, 2.45) is 0 Å². The summed E-state index contributed by atoms with van der Waals surface area (Å²) in [6, 6.07) is 7.57. The van der Waals surface area contributed by atoms with Crippen molar-refractivity contribution in [3.8, 4) is 46.0 Å². The maximum absolute atomic E-state index is 13.5. The summed E-state index contributed by atoms with van der Waals surface area (Å²) in [4.78, 5) is 7.41. The van der Waals surface area contributed by atoms with E-state index in [1.54, 1.807) is 0 Å². The number of likely N-dealkylation sites (N-methyl/N-ethyl adjacent to an activating group) is 4. The number of aliphatic hydroxyl groups is 4. The third kappa shape index (κ3) is 27.9. The molecule has 4 aromatic rings. The number of hydrogen-bond acceptors (Lipinski definition) is 16. The number of unbranched alkanes of at least 4 members (excludes halogenated alkanes) is 32. The number of hydrogen-bond donors (Lipinski definition) is 12. The van der Waals surface area contributed by atoms with Crippen molar-refractivity contribution in [2.75, 3.05) is 80.8 Å². The molecule has 0 unspecified atom stereocenters. The normalized spacial score (nSPS) is 15.5. The van der Waals surface area contributed by atoms with Crippen molar-refractivity contribution in [1.82, 2.24) is 19.6 Å². The number of benzene rings is 4. The Kier molecular flexibility index (Phi) is 43.6. The summed E-state index contributed by atoms with van der Waals surface area (Å²) in [5, 5.41) is 150. The SMILES string of the molecule is CCCCCCCCCCCC1c2cc(c(O)c(CN(C)CCO)c2O)C(CCCCCCCCCCC)c2cc(c(O)c(CN(C)CCO)c2O)C(CCCCCCCCCCC)c2cc(c(O)c(CN(C)CCO)c2O)C(CCCCCCCCCCC)c2cc1c(O)c(CN(C)CCO)c2O. The summed E-state index contributed by atoms with van der Waals surface area (Å²) >= 11 is 0. The Labute approximate surface area is 630 Å². The average Bonchev–Trinajstić information content (AvgIpc) is 0.739. The Morgan fingerprint density at radius 3 is 0.490 bits per heavy atom. The maximum Gasteiger partial charge on any atom is 0.127 e. The van der Waals surface area contributed by atoms with Gasteiger partial charge in [-0.2, -0.15) is 0 Å². The maximum atomic E-state index is 13.5. The number of rotatable bonds is 56. The molecule has 1 aliphatic carbocycles. The number of aromatic hydroxyl groups is 8. The van der Waals surface area contributed by atoms with E-state index in [9.17, 15) is 61.3 Å². The van der Waals surface area contributed by atoms with E-state index in [0.29, 0.717) is 95.9 Å². The third-order valence-electron chi connectivity index (χ3n) is 22.7. The molecule has 0 radical (unpaired) electrons. The molecular weight excluding hydrogens is 1300 g/mol. The van der Waals surface area contributed by atoms with Gasteiger partial charge in [0.1, 0.15) is 46.0 Å². The lowest BCUT2D eigenvalue weighted by Gasteiger charge is -2.33. The zero-order chi connectivity index (χ0) is 75.8. The molecule has 16 nitrogen and oxygen atoms in total. The average molecular weight is 1450 g/mol. The second-order valence-electron chi connectivity index (χ2n) is 31.4. The van der Waals surface area contributed by atoms with Gasteiger partial charge in [0.15, 0.2) is 0 Å². The first-order chi connectivity index (χ1) is 50.4. The van der Waals surface area contributed by atoms with Crippen LogP contribution in [0.1, 0.15) is 375 Å². The van der Waals surface area contributed by atoms with Crippen molar-refractivity contribution in [3.05, 3.63) is 91.0 Å². The van der Waals surface area contributed by atoms with Crippen LogP contribution in [0.2, 0.25) is 0 Å². The van der Waals surface area contributed by atoms with Crippen LogP contribution in [0.15, 0.2) is 24.3 Å². The molecule has 0 atom stereocenters. The van der Waals surface area contributed by atoms with Crippen LogP contribution in [-0.4, -0.2) is 162 Å². The molecule has 1 aliphatic rings. The van der Waals surface area contributed by atoms with Gasteiger partial charge >= 0.3 is 0 Å². The molecule has 0 spiro atoms. The first-order valence-electron chi connectivity index (χ1n) is 41.9. The van der Waals surface area contributed by atoms with Gasteiger partial charge in [-0.15, -0.1) is 0 Å². The van der Waals surface area contributed by atoms with Gasteiger partial charge in [-0.3, -0.25) is 19.6 Å². The predicted octanol–water partition coefficient (Wildman–Crippen LogP) is 19.6. The molecule has 12 N–H and O–H groups in total. The second-order valence-corrected chi connectivity index (χ2v) is 31.4. The largest absolute Gasteiger partial charge is 0.507 e. The first-order valence-corrected chi connectivity index (χ1v) is 41.9. The van der Waals surface area contributed by atoms with Crippen LogP contribution in [0.25, 0.3) is 0 Å². The van der Waals surface area contributed by atoms with Gasteiger partial charge in [-0.1, -0.05) is 259 Å². The minimum atomic E-state index is -0.782. The molecule has 5 rings (SSSR count). The zero-order valence-electron chi connectivity index (χ0n) is 66.5. The van der Waals surface area contributed by atoms with E-state index in [1.807, 2.05) is 72.1 Å². The molecule has 0 aliphatic heterocycles. The van der Waals surface area contributed by atoms with Gasteiger partial charge in [-0.05, 0) is 78.1 Å². The van der Waals surface area contributed by atoms with Crippen LogP contribution >= 0.6 is 0 Å². The Balaban J connectivity index is 2.08. The standard InChI is InChI=1S/C88H148N4O12/c1-9-13-17-21-25-29-33-37-41-45-65-69-57-71(83(99)77(81(69)97)61-89(5)49-53-93)66(46-42-38-34-30-26-22-18-14-10-2)73-59-75(87(103)79(85(73)101)63-91(7)51-55-95)68(48-44-40-36-32-28-24-20-16-12-4)76-60-74(86(102)80(88(76)104)64-92(8)52-56-96)67(47-43-39-35-31-27-23-19-15-11-3)72-58-70(65)82(98)78(84(72)100)62-90(6)50-54-94/h57-60,65-68,93-104H,9-56,61-64H2,1-8H3. The van der Waals surface area contributed by atoms with Crippen LogP contribution in [-0.2, 0) is 26.2 Å². The summed E-state index contributed by atoms with van der Waals surface area (Å²) in [6.45, 7) is 9.15. The minimum absolute atomic E-state index is 0.0211. The van der Waals surface area contributed by atoms with Crippen molar-refractivity contribution < 1.29 is 61.3 Å². The third-order valence-corrected chi connectivity index (χ3v) is 22.7. The van der Waals surface area contributed by atoms with Gasteiger partial charge in [0.25, 0.3) is 0 Å². The van der Waals surface area contributed by atoms with E-state index in [4.69, 9.17) is 0 Å². The summed E-state index contributed by atoms with van der Waals surface area (Å²) in [5.74, 6) is -4.46. The van der Waals surface area contributed by atoms with E-state index in [-0.39, 0.29) is 147 Å². The fourth-order valence-corrected chi connectivity index (χ4v) is 16.4. The highest BCUT2D eigenvalue weighted by Gasteiger charge is 2.38. The molecule has 0 amide bonds. The van der Waals surface area contributed by atoms with Crippen LogP contribution in [0.3, 0.4) is 0 Å². The minimum Gasteiger partial charge on any atom is -0.507 e. The van der Waals surface area contributed by atoms with E-state index < -0.39 is 23.7 Å². The Morgan fingerprint density at radius 1 is 0.221 bits per heavy atom. The Morgan fingerprint density at radius 2 is 0.356 bits per heavy atom. The number of phenolic OH excluding ortho intramolecular Hbond substituents is 8. The molecule has 8 bridgehead atoms. The monoisotopic (exact) mass is 1450 g/mol. The first kappa shape index (κ1) is 89.6. The highest BCUT2D eigenvalue weighted by molar-refractivity contribution is 5.68. The predicted molar refractivity (Wildman–Crippen MR) is 428 cm³/mol. The van der Waals surface area contributed by atoms with Gasteiger partial charge in [-0.25, -0.2) is 0 Å². The summed E-state index contributed by atoms with van der Waals surface area (Å²) in [5.41, 5.74) is 4.45. The Bertz CT molecular complexity index is 2520. The lowest BCUT2D eigenvalue weighted by molar-refractivity contribution is 0.214. The molecule has 0 heterocycles. The number of phenols is 8. The molecule has 592 valence electrons. The fraction of sp³-hybridized carbons (Fsp3) is 0.727. The summed E-state index contributed by atoms with van der Waals surface area (Å²) < 4.78 is 0. The van der Waals surface area contributed by atoms with E-state index in [0.717, 1.165) is 103 Å². The lowest BCUT2D eigenvalue weighted by Crippen LogP contribution is -2.23. The van der Waals surface area contributed by atoms with Gasteiger partial charge in [0.05, 0.1) is 48.7 Å². The van der Waals surface area contributed by atoms with Gasteiger partial charge in [0, 0.05) is 121 Å². The Hall–Kier alpha value is -5.04. The smallest absolute Gasteiger partial charge is 0.127 e. The fourth-order valence-electron chi connectivity index (χ4n) is 16.4. The molecule has 0 aromatic heterocycles. The van der Waals surface area contributed by atoms with Gasteiger partial charge in [0.2, 0.25) is 0 Å². The van der Waals surface area contributed by atoms with E-state index in [1.165, 1.54) is 103 Å². The molecule has 0 saturated heterocycles. The van der Waals surface area contributed by atoms with Crippen molar-refractivity contribution in [3.63, 3.8) is 0 Å². The van der Waals surface area contributed by atoms with Crippen LogP contribution < -0.4 is 0 Å². The summed E-state index contributed by atoms with van der Waals surface area (Å²) in [7, 11) is 7.32. The van der Waals surface area contributed by atoms with Crippen LogP contribution in [0.4, 0.5) is 0 Å². The van der Waals surface area contributed by atoms with E-state index >= 15 is 0 Å². The summed E-state index contributed by atoms with van der Waals surface area (Å²) in [6.07, 6.45) is 39.6. The van der Waals surface area contributed by atoms with Gasteiger partial charge < -0.3 is 61.3 Å².